The van der Waals surface area contributed by atoms with Crippen molar-refractivity contribution in [3.63, 3.8) is 0 Å². The molecule has 0 heterocycles. The molecule has 0 aliphatic rings. The Morgan fingerprint density at radius 3 is 2.58 bits per heavy atom. The molecule has 4 nitrogen and oxygen atoms in total. The lowest BCUT2D eigenvalue weighted by molar-refractivity contribution is -0.137. The number of guanidine groups is 1. The number of likely N-dealkylation sites (N-methyl/N-ethyl adjacent to an activating group) is 1. The van der Waals surface area contributed by atoms with Crippen LogP contribution < -0.4 is 10.6 Å². The molecule has 1 atom stereocenters. The van der Waals surface area contributed by atoms with Gasteiger partial charge in [-0.2, -0.15) is 13.2 Å². The van der Waals surface area contributed by atoms with Crippen LogP contribution in [0.3, 0.4) is 0 Å². The molecule has 1 aromatic rings. The quantitative estimate of drug-likeness (QED) is 0.590. The molecule has 1 aromatic carbocycles. The molecule has 0 fully saturated rings. The molecule has 0 aliphatic heterocycles. The molecule has 0 spiro atoms. The third kappa shape index (κ3) is 6.78. The summed E-state index contributed by atoms with van der Waals surface area (Å²) in [5.41, 5.74) is -0.0792. The Balaban J connectivity index is 2.47. The van der Waals surface area contributed by atoms with Crippen LogP contribution in [0.15, 0.2) is 29.3 Å². The maximum absolute atomic E-state index is 12.7. The number of alkyl halides is 3. The first kappa shape index (κ1) is 20.3. The van der Waals surface area contributed by atoms with Crippen LogP contribution >= 0.6 is 0 Å². The fourth-order valence-electron chi connectivity index (χ4n) is 2.15. The summed E-state index contributed by atoms with van der Waals surface area (Å²) < 4.78 is 38.1. The summed E-state index contributed by atoms with van der Waals surface area (Å²) in [7, 11) is 3.70. The predicted octanol–water partition coefficient (Wildman–Crippen LogP) is 3.10. The molecular formula is C17H27F3N4. The molecule has 1 unspecified atom stereocenters. The minimum atomic E-state index is -4.32. The lowest BCUT2D eigenvalue weighted by Gasteiger charge is -2.24. The van der Waals surface area contributed by atoms with Crippen molar-refractivity contribution in [3.05, 3.63) is 35.4 Å². The van der Waals surface area contributed by atoms with Gasteiger partial charge in [-0.15, -0.1) is 0 Å². The van der Waals surface area contributed by atoms with Gasteiger partial charge in [-0.1, -0.05) is 19.1 Å². The number of nitrogens with one attached hydrogen (secondary N) is 2. The summed E-state index contributed by atoms with van der Waals surface area (Å²) in [6, 6.07) is 5.80. The van der Waals surface area contributed by atoms with E-state index in [1.165, 1.54) is 6.07 Å². The van der Waals surface area contributed by atoms with Crippen molar-refractivity contribution in [2.45, 2.75) is 39.0 Å². The monoisotopic (exact) mass is 344 g/mol. The van der Waals surface area contributed by atoms with Crippen LogP contribution in [0.1, 0.15) is 31.4 Å². The lowest BCUT2D eigenvalue weighted by Crippen LogP contribution is -2.42. The van der Waals surface area contributed by atoms with Crippen molar-refractivity contribution in [2.75, 3.05) is 27.2 Å². The fourth-order valence-corrected chi connectivity index (χ4v) is 2.15. The zero-order valence-corrected chi connectivity index (χ0v) is 14.7. The van der Waals surface area contributed by atoms with E-state index in [1.54, 1.807) is 13.1 Å². The van der Waals surface area contributed by atoms with Crippen LogP contribution in [0.4, 0.5) is 13.2 Å². The highest BCUT2D eigenvalue weighted by molar-refractivity contribution is 5.79. The SMILES string of the molecule is CCC(C)N(C)CCNC(=NC)NCc1cccc(C(F)(F)F)c1. The van der Waals surface area contributed by atoms with Gasteiger partial charge >= 0.3 is 6.18 Å². The van der Waals surface area contributed by atoms with E-state index in [0.29, 0.717) is 24.1 Å². The van der Waals surface area contributed by atoms with Gasteiger partial charge in [0.25, 0.3) is 0 Å². The van der Waals surface area contributed by atoms with Crippen molar-refractivity contribution in [2.24, 2.45) is 4.99 Å². The topological polar surface area (TPSA) is 39.7 Å². The first-order valence-corrected chi connectivity index (χ1v) is 8.08. The number of hydrogen-bond donors (Lipinski definition) is 2. The highest BCUT2D eigenvalue weighted by atomic mass is 19.4. The van der Waals surface area contributed by atoms with Gasteiger partial charge in [0.15, 0.2) is 5.96 Å². The molecule has 24 heavy (non-hydrogen) atoms. The van der Waals surface area contributed by atoms with Crippen molar-refractivity contribution in [1.29, 1.82) is 0 Å². The molecule has 2 N–H and O–H groups in total. The second-order valence-corrected chi connectivity index (χ2v) is 5.79. The van der Waals surface area contributed by atoms with Crippen LogP contribution in [-0.4, -0.2) is 44.1 Å². The lowest BCUT2D eigenvalue weighted by atomic mass is 10.1. The summed E-state index contributed by atoms with van der Waals surface area (Å²) in [6.45, 7) is 6.16. The highest BCUT2D eigenvalue weighted by Gasteiger charge is 2.30. The number of nitrogens with zero attached hydrogens (tertiary/aromatic N) is 2. The Bertz CT molecular complexity index is 529. The van der Waals surface area contributed by atoms with E-state index in [1.807, 2.05) is 0 Å². The molecule has 1 rings (SSSR count). The van der Waals surface area contributed by atoms with Crippen molar-refractivity contribution < 1.29 is 13.2 Å². The van der Waals surface area contributed by atoms with Crippen LogP contribution in [-0.2, 0) is 12.7 Å². The Kier molecular flexibility index (Phi) is 8.04. The average Bonchev–Trinajstić information content (AvgIpc) is 2.56. The van der Waals surface area contributed by atoms with E-state index in [-0.39, 0.29) is 6.54 Å². The van der Waals surface area contributed by atoms with Crippen LogP contribution in [0.25, 0.3) is 0 Å². The molecule has 0 bridgehead atoms. The minimum Gasteiger partial charge on any atom is -0.355 e. The Morgan fingerprint density at radius 1 is 1.29 bits per heavy atom. The van der Waals surface area contributed by atoms with Gasteiger partial charge in [-0.3, -0.25) is 4.99 Å². The predicted molar refractivity (Wildman–Crippen MR) is 92.0 cm³/mol. The van der Waals surface area contributed by atoms with Crippen LogP contribution in [0, 0.1) is 0 Å². The summed E-state index contributed by atoms with van der Waals surface area (Å²) in [5, 5.41) is 6.20. The van der Waals surface area contributed by atoms with Crippen molar-refractivity contribution in [1.82, 2.24) is 15.5 Å². The second-order valence-electron chi connectivity index (χ2n) is 5.79. The van der Waals surface area contributed by atoms with E-state index in [4.69, 9.17) is 0 Å². The van der Waals surface area contributed by atoms with Crippen LogP contribution in [0.2, 0.25) is 0 Å². The van der Waals surface area contributed by atoms with Gasteiger partial charge in [0.1, 0.15) is 0 Å². The van der Waals surface area contributed by atoms with Gasteiger partial charge in [0, 0.05) is 32.7 Å². The summed E-state index contributed by atoms with van der Waals surface area (Å²) >= 11 is 0. The zero-order valence-electron chi connectivity index (χ0n) is 14.7. The van der Waals surface area contributed by atoms with Gasteiger partial charge in [0.05, 0.1) is 5.56 Å². The molecule has 0 aromatic heterocycles. The third-order valence-electron chi connectivity index (χ3n) is 4.04. The molecule has 0 saturated carbocycles. The standard InChI is InChI=1S/C17H27F3N4/c1-5-13(2)24(4)10-9-22-16(21-3)23-12-14-7-6-8-15(11-14)17(18,19)20/h6-8,11,13H,5,9-10,12H2,1-4H3,(H2,21,22,23). The summed E-state index contributed by atoms with van der Waals surface area (Å²) in [4.78, 5) is 6.33. The van der Waals surface area contributed by atoms with Crippen molar-refractivity contribution in [3.8, 4) is 0 Å². The minimum absolute atomic E-state index is 0.283. The molecule has 0 saturated heterocycles. The number of aliphatic imine (C=N–C) groups is 1. The van der Waals surface area contributed by atoms with Gasteiger partial charge in [-0.05, 0) is 38.1 Å². The zero-order chi connectivity index (χ0) is 18.2. The highest BCUT2D eigenvalue weighted by Crippen LogP contribution is 2.29. The van der Waals surface area contributed by atoms with E-state index in [2.05, 4.69) is 41.4 Å². The Hall–Kier alpha value is -1.76. The first-order valence-electron chi connectivity index (χ1n) is 8.08. The molecule has 0 radical (unpaired) electrons. The van der Waals surface area contributed by atoms with Gasteiger partial charge in [-0.25, -0.2) is 0 Å². The Morgan fingerprint density at radius 2 is 2.00 bits per heavy atom. The molecule has 0 amide bonds. The van der Waals surface area contributed by atoms with E-state index >= 15 is 0 Å². The summed E-state index contributed by atoms with van der Waals surface area (Å²) in [6.07, 6.45) is -3.24. The van der Waals surface area contributed by atoms with Gasteiger partial charge in [0.2, 0.25) is 0 Å². The summed E-state index contributed by atoms with van der Waals surface area (Å²) in [5.74, 6) is 0.574. The second kappa shape index (κ2) is 9.52. The van der Waals surface area contributed by atoms with E-state index < -0.39 is 11.7 Å². The molecule has 7 heteroatoms. The Labute approximate surface area is 142 Å². The number of rotatable bonds is 7. The average molecular weight is 344 g/mol. The third-order valence-corrected chi connectivity index (χ3v) is 4.04. The maximum atomic E-state index is 12.7. The smallest absolute Gasteiger partial charge is 0.355 e. The van der Waals surface area contributed by atoms with Crippen LogP contribution in [0.5, 0.6) is 0 Å². The number of hydrogen-bond acceptors (Lipinski definition) is 2. The normalized spacial score (nSPS) is 13.9. The van der Waals surface area contributed by atoms with E-state index in [9.17, 15) is 13.2 Å². The van der Waals surface area contributed by atoms with E-state index in [0.717, 1.165) is 25.1 Å². The largest absolute Gasteiger partial charge is 0.416 e. The van der Waals surface area contributed by atoms with Gasteiger partial charge < -0.3 is 15.5 Å². The number of benzene rings is 1. The first-order chi connectivity index (χ1) is 11.3. The molecular weight excluding hydrogens is 317 g/mol. The number of halogens is 3. The maximum Gasteiger partial charge on any atom is 0.416 e. The van der Waals surface area contributed by atoms with Crippen molar-refractivity contribution >= 4 is 5.96 Å². The fraction of sp³-hybridized carbons (Fsp3) is 0.588. The molecule has 136 valence electrons. The molecule has 0 aliphatic carbocycles.